The maximum Gasteiger partial charge on any atom is 0.277 e. The molecule has 1 aliphatic rings. The van der Waals surface area contributed by atoms with Gasteiger partial charge in [0.25, 0.3) is 5.56 Å². The summed E-state index contributed by atoms with van der Waals surface area (Å²) >= 11 is 0. The third-order valence-electron chi connectivity index (χ3n) is 5.50. The Morgan fingerprint density at radius 2 is 1.89 bits per heavy atom. The first-order valence-corrected chi connectivity index (χ1v) is 9.70. The van der Waals surface area contributed by atoms with Crippen LogP contribution < -0.4 is 16.0 Å². The molecule has 0 unspecified atom stereocenters. The highest BCUT2D eigenvalue weighted by Crippen LogP contribution is 2.30. The van der Waals surface area contributed by atoms with Crippen LogP contribution in [0.15, 0.2) is 29.1 Å². The van der Waals surface area contributed by atoms with Crippen LogP contribution >= 0.6 is 0 Å². The Bertz CT molecular complexity index is 916. The molecule has 1 heterocycles. The molecule has 1 aromatic carbocycles. The highest BCUT2D eigenvalue weighted by molar-refractivity contribution is 5.84. The Hall–Kier alpha value is -2.77. The normalized spacial score (nSPS) is 20.8. The maximum absolute atomic E-state index is 12.6. The molecule has 1 aliphatic carbocycles. The number of aliphatic carboxylic acids is 1. The topological polar surface area (TPSA) is 117 Å². The van der Waals surface area contributed by atoms with Crippen LogP contribution in [0.5, 0.6) is 0 Å². The molecule has 2 aromatic rings. The molecule has 3 rings (SSSR count). The van der Waals surface area contributed by atoms with Gasteiger partial charge in [-0.3, -0.25) is 9.59 Å². The van der Waals surface area contributed by atoms with Gasteiger partial charge in [0, 0.05) is 12.5 Å². The minimum atomic E-state index is -1.26. The van der Waals surface area contributed by atoms with E-state index in [1.807, 2.05) is 6.07 Å². The second kappa shape index (κ2) is 8.50. The van der Waals surface area contributed by atoms with E-state index in [4.69, 9.17) is 0 Å². The SMILES string of the molecule is CC(C)[C@H](NC(=O)C1CCC(Cn2nnc3ccccc3c2=O)CC1)C(=O)[O-]. The van der Waals surface area contributed by atoms with E-state index in [1.165, 1.54) is 4.68 Å². The maximum atomic E-state index is 12.6. The summed E-state index contributed by atoms with van der Waals surface area (Å²) in [4.78, 5) is 36.1. The number of rotatable bonds is 6. The van der Waals surface area contributed by atoms with Crippen molar-refractivity contribution in [3.8, 4) is 0 Å². The van der Waals surface area contributed by atoms with Crippen molar-refractivity contribution in [2.45, 2.75) is 52.1 Å². The van der Waals surface area contributed by atoms with E-state index in [-0.39, 0.29) is 29.2 Å². The van der Waals surface area contributed by atoms with Gasteiger partial charge in [0.15, 0.2) is 0 Å². The Morgan fingerprint density at radius 3 is 2.54 bits per heavy atom. The Labute approximate surface area is 162 Å². The zero-order valence-corrected chi connectivity index (χ0v) is 16.1. The molecule has 1 aromatic heterocycles. The van der Waals surface area contributed by atoms with E-state index >= 15 is 0 Å². The molecule has 1 saturated carbocycles. The van der Waals surface area contributed by atoms with Gasteiger partial charge in [0.2, 0.25) is 5.91 Å². The highest BCUT2D eigenvalue weighted by Gasteiger charge is 2.29. The van der Waals surface area contributed by atoms with Crippen LogP contribution in [-0.2, 0) is 16.1 Å². The van der Waals surface area contributed by atoms with E-state index in [2.05, 4.69) is 15.6 Å². The molecular formula is C20H25N4O4-. The van der Waals surface area contributed by atoms with Gasteiger partial charge < -0.3 is 15.2 Å². The van der Waals surface area contributed by atoms with Gasteiger partial charge in [0.1, 0.15) is 5.52 Å². The van der Waals surface area contributed by atoms with Gasteiger partial charge in [-0.2, -0.15) is 0 Å². The Morgan fingerprint density at radius 1 is 1.21 bits per heavy atom. The summed E-state index contributed by atoms with van der Waals surface area (Å²) in [7, 11) is 0. The number of benzene rings is 1. The summed E-state index contributed by atoms with van der Waals surface area (Å²) in [5, 5.41) is 22.5. The highest BCUT2D eigenvalue weighted by atomic mass is 16.4. The molecule has 8 heteroatoms. The van der Waals surface area contributed by atoms with E-state index in [0.29, 0.717) is 30.3 Å². The van der Waals surface area contributed by atoms with Crippen molar-refractivity contribution in [1.29, 1.82) is 0 Å². The third kappa shape index (κ3) is 4.37. The van der Waals surface area contributed by atoms with E-state index in [9.17, 15) is 19.5 Å². The number of carboxylic acids is 1. The minimum absolute atomic E-state index is 0.154. The summed E-state index contributed by atoms with van der Waals surface area (Å²) in [6.07, 6.45) is 2.86. The van der Waals surface area contributed by atoms with Gasteiger partial charge in [-0.1, -0.05) is 31.2 Å². The van der Waals surface area contributed by atoms with E-state index < -0.39 is 12.0 Å². The predicted molar refractivity (Wildman–Crippen MR) is 101 cm³/mol. The average molecular weight is 385 g/mol. The molecule has 1 amide bonds. The molecule has 28 heavy (non-hydrogen) atoms. The smallest absolute Gasteiger partial charge is 0.277 e. The Balaban J connectivity index is 1.59. The van der Waals surface area contributed by atoms with Gasteiger partial charge in [-0.25, -0.2) is 4.68 Å². The van der Waals surface area contributed by atoms with E-state index in [0.717, 1.165) is 12.8 Å². The van der Waals surface area contributed by atoms with Crippen molar-refractivity contribution in [2.75, 3.05) is 0 Å². The van der Waals surface area contributed by atoms with Crippen LogP contribution in [0.2, 0.25) is 0 Å². The Kier molecular flexibility index (Phi) is 6.06. The molecule has 1 fully saturated rings. The van der Waals surface area contributed by atoms with Crippen molar-refractivity contribution in [3.05, 3.63) is 34.6 Å². The first-order valence-electron chi connectivity index (χ1n) is 9.70. The first-order chi connectivity index (χ1) is 13.4. The summed E-state index contributed by atoms with van der Waals surface area (Å²) in [5.41, 5.74) is 0.427. The third-order valence-corrected chi connectivity index (χ3v) is 5.50. The molecule has 1 N–H and O–H groups in total. The van der Waals surface area contributed by atoms with Crippen molar-refractivity contribution >= 4 is 22.8 Å². The number of carboxylic acid groups (broad SMARTS) is 1. The minimum Gasteiger partial charge on any atom is -0.548 e. The fraction of sp³-hybridized carbons (Fsp3) is 0.550. The number of amides is 1. The second-order valence-electron chi connectivity index (χ2n) is 7.86. The molecule has 1 atom stereocenters. The lowest BCUT2D eigenvalue weighted by Gasteiger charge is -2.30. The molecule has 0 aliphatic heterocycles. The lowest BCUT2D eigenvalue weighted by Crippen LogP contribution is -2.52. The van der Waals surface area contributed by atoms with Crippen LogP contribution in [0.25, 0.3) is 10.9 Å². The van der Waals surface area contributed by atoms with Gasteiger partial charge in [-0.15, -0.1) is 5.10 Å². The molecule has 0 radical (unpaired) electrons. The molecular weight excluding hydrogens is 360 g/mol. The van der Waals surface area contributed by atoms with Crippen molar-refractivity contribution in [2.24, 2.45) is 17.8 Å². The van der Waals surface area contributed by atoms with Crippen molar-refractivity contribution in [3.63, 3.8) is 0 Å². The van der Waals surface area contributed by atoms with Crippen LogP contribution in [0.4, 0.5) is 0 Å². The molecule has 0 bridgehead atoms. The fourth-order valence-electron chi connectivity index (χ4n) is 3.76. The summed E-state index contributed by atoms with van der Waals surface area (Å²) < 4.78 is 1.40. The van der Waals surface area contributed by atoms with E-state index in [1.54, 1.807) is 32.0 Å². The van der Waals surface area contributed by atoms with Gasteiger partial charge in [0.05, 0.1) is 17.4 Å². The predicted octanol–water partition coefficient (Wildman–Crippen LogP) is 0.489. The largest absolute Gasteiger partial charge is 0.548 e. The zero-order valence-electron chi connectivity index (χ0n) is 16.1. The zero-order chi connectivity index (χ0) is 20.3. The first kappa shape index (κ1) is 20.0. The summed E-state index contributed by atoms with van der Waals surface area (Å²) in [6, 6.07) is 6.15. The number of carbonyl (C=O) groups is 2. The van der Waals surface area contributed by atoms with Gasteiger partial charge in [-0.05, 0) is 49.7 Å². The second-order valence-corrected chi connectivity index (χ2v) is 7.86. The number of hydrogen-bond donors (Lipinski definition) is 1. The molecule has 8 nitrogen and oxygen atoms in total. The summed E-state index contributed by atoms with van der Waals surface area (Å²) in [6.45, 7) is 3.94. The molecule has 150 valence electrons. The number of carbonyl (C=O) groups excluding carboxylic acids is 2. The van der Waals surface area contributed by atoms with Crippen LogP contribution in [0.1, 0.15) is 39.5 Å². The number of nitrogens with zero attached hydrogens (tertiary/aromatic N) is 3. The number of fused-ring (bicyclic) bond motifs is 1. The molecule has 0 spiro atoms. The lowest BCUT2D eigenvalue weighted by molar-refractivity contribution is -0.309. The number of aromatic nitrogens is 3. The van der Waals surface area contributed by atoms with Crippen molar-refractivity contribution < 1.29 is 14.7 Å². The number of hydrogen-bond acceptors (Lipinski definition) is 6. The van der Waals surface area contributed by atoms with Crippen LogP contribution in [0.3, 0.4) is 0 Å². The molecule has 0 saturated heterocycles. The average Bonchev–Trinajstić information content (AvgIpc) is 2.68. The van der Waals surface area contributed by atoms with Crippen LogP contribution in [0, 0.1) is 17.8 Å². The number of nitrogens with one attached hydrogen (secondary N) is 1. The standard InChI is InChI=1S/C20H26N4O4/c1-12(2)17(20(27)28)21-18(25)14-9-7-13(8-10-14)11-24-19(26)15-5-3-4-6-16(15)22-23-24/h3-6,12-14,17H,7-11H2,1-2H3,(H,21,25)(H,27,28)/p-1/t13?,14?,17-/m0/s1. The summed E-state index contributed by atoms with van der Waals surface area (Å²) in [5.74, 6) is -1.70. The van der Waals surface area contributed by atoms with Crippen LogP contribution in [-0.4, -0.2) is 32.9 Å². The van der Waals surface area contributed by atoms with Crippen molar-refractivity contribution in [1.82, 2.24) is 20.3 Å². The fourth-order valence-corrected chi connectivity index (χ4v) is 3.76. The quantitative estimate of drug-likeness (QED) is 0.773. The monoisotopic (exact) mass is 385 g/mol. The lowest BCUT2D eigenvalue weighted by atomic mass is 9.81. The van der Waals surface area contributed by atoms with Gasteiger partial charge >= 0.3 is 0 Å².